The van der Waals surface area contributed by atoms with E-state index in [1.54, 1.807) is 0 Å². The largest absolute Gasteiger partial charge is 0.303 e. The summed E-state index contributed by atoms with van der Waals surface area (Å²) in [6.45, 7) is 33.1. The highest BCUT2D eigenvalue weighted by molar-refractivity contribution is 4.86. The first-order chi connectivity index (χ1) is 19.5. The Morgan fingerprint density at radius 1 is 0.429 bits per heavy atom. The number of hydrogen-bond acceptors (Lipinski definition) is 4. The zero-order valence-corrected chi connectivity index (χ0v) is 31.8. The molecular weight excluding hydrogens is 512 g/mol. The first kappa shape index (κ1) is 39.9. The molecule has 4 nitrogen and oxygen atoms in total. The van der Waals surface area contributed by atoms with Gasteiger partial charge in [-0.3, -0.25) is 0 Å². The van der Waals surface area contributed by atoms with Crippen LogP contribution in [0.2, 0.25) is 0 Å². The van der Waals surface area contributed by atoms with Crippen LogP contribution in [0, 0.1) is 47.3 Å². The molecule has 4 aliphatic heterocycles. The lowest BCUT2D eigenvalue weighted by molar-refractivity contribution is 0.249. The van der Waals surface area contributed by atoms with E-state index in [9.17, 15) is 0 Å². The van der Waals surface area contributed by atoms with E-state index in [1.807, 2.05) is 0 Å². The van der Waals surface area contributed by atoms with Crippen LogP contribution in [0.5, 0.6) is 0 Å². The summed E-state index contributed by atoms with van der Waals surface area (Å²) >= 11 is 0. The van der Waals surface area contributed by atoms with Crippen molar-refractivity contribution >= 4 is 0 Å². The van der Waals surface area contributed by atoms with Gasteiger partial charge in [0.25, 0.3) is 0 Å². The first-order valence-electron chi connectivity index (χ1n) is 18.3. The zero-order chi connectivity index (χ0) is 32.3. The van der Waals surface area contributed by atoms with E-state index in [-0.39, 0.29) is 0 Å². The van der Waals surface area contributed by atoms with Gasteiger partial charge >= 0.3 is 0 Å². The van der Waals surface area contributed by atoms with Crippen molar-refractivity contribution in [2.45, 2.75) is 146 Å². The maximum Gasteiger partial charge on any atom is 0.0118 e. The molecule has 0 radical (unpaired) electrons. The topological polar surface area (TPSA) is 13.0 Å². The minimum atomic E-state index is 0.829. The van der Waals surface area contributed by atoms with Crippen LogP contribution in [0.3, 0.4) is 0 Å². The summed E-state index contributed by atoms with van der Waals surface area (Å²) in [5, 5.41) is 0. The number of hydrogen-bond donors (Lipinski definition) is 0. The highest BCUT2D eigenvalue weighted by Gasteiger charge is 2.31. The monoisotopic (exact) mass is 593 g/mol. The third kappa shape index (κ3) is 13.1. The van der Waals surface area contributed by atoms with Crippen LogP contribution in [0.1, 0.15) is 122 Å². The second-order valence-corrected chi connectivity index (χ2v) is 16.7. The van der Waals surface area contributed by atoms with Gasteiger partial charge in [0.15, 0.2) is 0 Å². The Morgan fingerprint density at radius 3 is 0.786 bits per heavy atom. The van der Waals surface area contributed by atoms with Crippen molar-refractivity contribution in [1.82, 2.24) is 19.6 Å². The van der Waals surface area contributed by atoms with E-state index in [1.165, 1.54) is 64.7 Å². The highest BCUT2D eigenvalue weighted by Crippen LogP contribution is 2.30. The molecule has 0 aromatic heterocycles. The maximum absolute atomic E-state index is 2.53. The Labute approximate surface area is 266 Å². The van der Waals surface area contributed by atoms with Gasteiger partial charge in [-0.15, -0.1) is 0 Å². The molecule has 4 heteroatoms. The molecule has 0 aliphatic carbocycles. The van der Waals surface area contributed by atoms with Gasteiger partial charge in [0.2, 0.25) is 0 Å². The average Bonchev–Trinajstić information content (AvgIpc) is 3.65. The van der Waals surface area contributed by atoms with Gasteiger partial charge in [0, 0.05) is 50.3 Å². The normalized spacial score (nSPS) is 34.6. The van der Waals surface area contributed by atoms with Crippen molar-refractivity contribution in [1.29, 1.82) is 0 Å². The van der Waals surface area contributed by atoms with Crippen LogP contribution in [0.25, 0.3) is 0 Å². The predicted molar refractivity (Wildman–Crippen MR) is 189 cm³/mol. The molecule has 8 atom stereocenters. The number of likely N-dealkylation sites (tertiary alicyclic amines) is 4. The summed E-state index contributed by atoms with van der Waals surface area (Å²) in [7, 11) is 9.02. The van der Waals surface area contributed by atoms with Crippen LogP contribution in [0.15, 0.2) is 0 Å². The minimum Gasteiger partial charge on any atom is -0.303 e. The van der Waals surface area contributed by atoms with Crippen molar-refractivity contribution in [3.05, 3.63) is 0 Å². The average molecular weight is 593 g/mol. The van der Waals surface area contributed by atoms with Gasteiger partial charge in [-0.1, -0.05) is 95.9 Å². The van der Waals surface area contributed by atoms with E-state index in [4.69, 9.17) is 0 Å². The fourth-order valence-electron chi connectivity index (χ4n) is 8.58. The predicted octanol–water partition coefficient (Wildman–Crippen LogP) is 8.71. The van der Waals surface area contributed by atoms with Gasteiger partial charge in [-0.25, -0.2) is 0 Å². The van der Waals surface area contributed by atoms with E-state index in [0.29, 0.717) is 0 Å². The van der Waals surface area contributed by atoms with E-state index < -0.39 is 0 Å². The molecular formula is C38H80N4. The molecule has 6 unspecified atom stereocenters. The molecule has 0 spiro atoms. The van der Waals surface area contributed by atoms with Crippen molar-refractivity contribution in [2.75, 3.05) is 54.4 Å². The zero-order valence-electron chi connectivity index (χ0n) is 31.8. The lowest BCUT2D eigenvalue weighted by Crippen LogP contribution is -2.29. The summed E-state index contributed by atoms with van der Waals surface area (Å²) < 4.78 is 0. The molecule has 0 amide bonds. The molecule has 0 saturated carbocycles. The fraction of sp³-hybridized carbons (Fsp3) is 1.00. The van der Waals surface area contributed by atoms with Crippen LogP contribution >= 0.6 is 0 Å². The van der Waals surface area contributed by atoms with E-state index >= 15 is 0 Å². The molecule has 0 aromatic carbocycles. The summed E-state index contributed by atoms with van der Waals surface area (Å²) in [5.74, 6) is 7.08. The molecule has 4 fully saturated rings. The van der Waals surface area contributed by atoms with Crippen LogP contribution < -0.4 is 0 Å². The first-order valence-corrected chi connectivity index (χ1v) is 18.3. The molecule has 4 aliphatic rings. The Kier molecular flexibility index (Phi) is 18.4. The fourth-order valence-corrected chi connectivity index (χ4v) is 8.58. The molecule has 0 aromatic rings. The van der Waals surface area contributed by atoms with Gasteiger partial charge in [0.05, 0.1) is 0 Å². The van der Waals surface area contributed by atoms with Gasteiger partial charge in [0.1, 0.15) is 0 Å². The summed E-state index contributed by atoms with van der Waals surface area (Å²) in [4.78, 5) is 10.0. The molecule has 4 rings (SSSR count). The Hall–Kier alpha value is -0.160. The molecule has 4 saturated heterocycles. The number of nitrogens with zero attached hydrogens (tertiary/aromatic N) is 4. The molecule has 4 heterocycles. The lowest BCUT2D eigenvalue weighted by Gasteiger charge is -2.22. The Balaban J connectivity index is 0.000000280. The highest BCUT2D eigenvalue weighted by atomic mass is 15.2. The number of rotatable bonds is 6. The van der Waals surface area contributed by atoms with Crippen molar-refractivity contribution < 1.29 is 0 Å². The smallest absolute Gasteiger partial charge is 0.0118 e. The Morgan fingerprint density at radius 2 is 0.667 bits per heavy atom. The summed E-state index contributed by atoms with van der Waals surface area (Å²) in [5.41, 5.74) is 0. The van der Waals surface area contributed by atoms with Crippen LogP contribution in [0.4, 0.5) is 0 Å². The molecule has 0 N–H and O–H groups in total. The Bertz CT molecular complexity index is 633. The van der Waals surface area contributed by atoms with Crippen LogP contribution in [-0.4, -0.2) is 98.1 Å². The summed E-state index contributed by atoms with van der Waals surface area (Å²) in [6, 6.07) is 3.38. The quantitative estimate of drug-likeness (QED) is 0.306. The van der Waals surface area contributed by atoms with Crippen molar-refractivity contribution in [2.24, 2.45) is 47.3 Å². The molecule has 252 valence electrons. The standard InChI is InChI=1S/2C10H21N.2C9H19N/c2*1-5-9-6-10(8(2)3)11(4)7-9;2*1-7(2)9-5-8(3)6-10(9)4/h2*8-10H,5-7H2,1-4H3;2*7-9H,5-6H2,1-4H3/t9-,10?;;8-,9?;/m0.0./s1. The minimum absolute atomic E-state index is 0.829. The SMILES string of the molecule is CC(C)C1C[C@H](C)CN1C.CC1CC(C(C)C)N(C)C1.CCC1CC(C(C)C)N(C)C1.CC[C@H]1CC(C(C)C)N(C)C1. The van der Waals surface area contributed by atoms with Crippen LogP contribution in [-0.2, 0) is 0 Å². The van der Waals surface area contributed by atoms with Gasteiger partial charge in [-0.05, 0) is 101 Å². The lowest BCUT2D eigenvalue weighted by atomic mass is 9.96. The maximum atomic E-state index is 2.53. The van der Waals surface area contributed by atoms with E-state index in [2.05, 4.69) is 131 Å². The second kappa shape index (κ2) is 19.4. The van der Waals surface area contributed by atoms with Gasteiger partial charge < -0.3 is 19.6 Å². The second-order valence-electron chi connectivity index (χ2n) is 16.7. The van der Waals surface area contributed by atoms with Gasteiger partial charge in [-0.2, -0.15) is 0 Å². The third-order valence-corrected chi connectivity index (χ3v) is 11.2. The van der Waals surface area contributed by atoms with Crippen molar-refractivity contribution in [3.63, 3.8) is 0 Å². The van der Waals surface area contributed by atoms with Crippen molar-refractivity contribution in [3.8, 4) is 0 Å². The summed E-state index contributed by atoms with van der Waals surface area (Å²) in [6.07, 6.45) is 8.35. The molecule has 0 bridgehead atoms. The van der Waals surface area contributed by atoms with E-state index in [0.717, 1.165) is 71.5 Å². The third-order valence-electron chi connectivity index (χ3n) is 11.2. The molecule has 42 heavy (non-hydrogen) atoms.